The molecule has 0 aromatic heterocycles. The Kier molecular flexibility index (Phi) is 5.60. The molecule has 0 aromatic carbocycles. The van der Waals surface area contributed by atoms with E-state index in [1.165, 1.54) is 19.3 Å². The van der Waals surface area contributed by atoms with Crippen LogP contribution in [-0.4, -0.2) is 38.4 Å². The first-order valence-electron chi connectivity index (χ1n) is 11.7. The lowest BCUT2D eigenvalue weighted by molar-refractivity contribution is -0.164. The topological polar surface area (TPSA) is 51.5 Å². The first kappa shape index (κ1) is 21.4. The molecule has 6 heteroatoms. The minimum Gasteiger partial charge on any atom is -0.412 e. The third-order valence-corrected chi connectivity index (χ3v) is 14.6. The van der Waals surface area contributed by atoms with Gasteiger partial charge in [-0.3, -0.25) is 0 Å². The molecule has 0 bridgehead atoms. The number of nitriles is 1. The maximum atomic E-state index is 9.30. The molecule has 5 aliphatic rings. The number of allylic oxidation sites excluding steroid dienone is 3. The smallest absolute Gasteiger partial charge is 0.214 e. The molecule has 1 aliphatic heterocycles. The summed E-state index contributed by atoms with van der Waals surface area (Å²) in [6.45, 7) is 6.18. The molecule has 1 saturated heterocycles. The highest BCUT2D eigenvalue weighted by Crippen LogP contribution is 2.60. The van der Waals surface area contributed by atoms with Crippen LogP contribution in [-0.2, 0) is 13.9 Å². The van der Waals surface area contributed by atoms with Gasteiger partial charge < -0.3 is 13.9 Å². The number of ether oxygens (including phenoxy) is 2. The molecule has 1 unspecified atom stereocenters. The number of hydrogen-bond donors (Lipinski definition) is 0. The largest absolute Gasteiger partial charge is 0.412 e. The summed E-state index contributed by atoms with van der Waals surface area (Å²) < 4.78 is 18.9. The molecule has 1 spiro atoms. The molecule has 1 saturated carbocycles. The summed E-state index contributed by atoms with van der Waals surface area (Å²) in [6.07, 6.45) is 12.0. The second-order valence-corrected chi connectivity index (χ2v) is 16.0. The average Bonchev–Trinajstić information content (AvgIpc) is 3.32. The number of rotatable bonds is 4. The summed E-state index contributed by atoms with van der Waals surface area (Å²) in [5, 5.41) is 9.30. The monoisotopic (exact) mass is 491 g/mol. The van der Waals surface area contributed by atoms with Crippen molar-refractivity contribution >= 4 is 24.2 Å². The Hall–Kier alpha value is -0.453. The van der Waals surface area contributed by atoms with Crippen molar-refractivity contribution in [1.29, 1.82) is 5.26 Å². The number of nitrogens with zero attached hydrogens (tertiary/aromatic N) is 1. The van der Waals surface area contributed by atoms with E-state index in [2.05, 4.69) is 41.5 Å². The molecule has 2 fully saturated rings. The van der Waals surface area contributed by atoms with E-state index in [1.807, 2.05) is 0 Å². The van der Waals surface area contributed by atoms with Gasteiger partial charge in [0.2, 0.25) is 8.32 Å². The fourth-order valence-corrected chi connectivity index (χ4v) is 9.71. The van der Waals surface area contributed by atoms with Gasteiger partial charge in [0.1, 0.15) is 0 Å². The third kappa shape index (κ3) is 3.40. The third-order valence-electron chi connectivity index (χ3n) is 8.72. The maximum absolute atomic E-state index is 9.30. The first-order valence-corrected chi connectivity index (χ1v) is 15.7. The Labute approximate surface area is 190 Å². The first-order chi connectivity index (χ1) is 14.4. The molecule has 164 valence electrons. The van der Waals surface area contributed by atoms with E-state index in [-0.39, 0.29) is 11.2 Å². The van der Waals surface area contributed by atoms with Crippen LogP contribution in [0, 0.1) is 28.6 Å². The summed E-state index contributed by atoms with van der Waals surface area (Å²) in [7, 11) is -2.00. The van der Waals surface area contributed by atoms with E-state index in [9.17, 15) is 5.26 Å². The van der Waals surface area contributed by atoms with Gasteiger partial charge in [0.25, 0.3) is 0 Å². The number of fused-ring (bicyclic) bond motifs is 4. The molecule has 0 radical (unpaired) electrons. The lowest BCUT2D eigenvalue weighted by Crippen LogP contribution is -2.48. The van der Waals surface area contributed by atoms with E-state index >= 15 is 0 Å². The van der Waals surface area contributed by atoms with Crippen LogP contribution >= 0.6 is 15.9 Å². The van der Waals surface area contributed by atoms with E-state index < -0.39 is 8.32 Å². The van der Waals surface area contributed by atoms with Gasteiger partial charge in [-0.15, -0.1) is 0 Å². The minimum absolute atomic E-state index is 0.214. The van der Waals surface area contributed by atoms with E-state index in [4.69, 9.17) is 13.9 Å². The Balaban J connectivity index is 1.38. The van der Waals surface area contributed by atoms with Gasteiger partial charge >= 0.3 is 0 Å². The fraction of sp³-hybridized carbons (Fsp3) is 0.792. The molecule has 1 heterocycles. The molecule has 5 atom stereocenters. The van der Waals surface area contributed by atoms with E-state index in [1.54, 1.807) is 16.7 Å². The van der Waals surface area contributed by atoms with E-state index in [0.717, 1.165) is 50.3 Å². The minimum atomic E-state index is -2.00. The summed E-state index contributed by atoms with van der Waals surface area (Å²) >= 11 is 3.65. The summed E-state index contributed by atoms with van der Waals surface area (Å²) in [5.41, 5.74) is 5.12. The van der Waals surface area contributed by atoms with Crippen molar-refractivity contribution in [3.63, 3.8) is 0 Å². The Bertz CT molecular complexity index is 814. The lowest BCUT2D eigenvalue weighted by Gasteiger charge is -2.49. The fourth-order valence-electron chi connectivity index (χ4n) is 7.07. The van der Waals surface area contributed by atoms with Crippen molar-refractivity contribution in [2.45, 2.75) is 82.8 Å². The van der Waals surface area contributed by atoms with Crippen LogP contribution in [0.4, 0.5) is 0 Å². The second kappa shape index (κ2) is 7.85. The Morgan fingerprint density at radius 2 is 2.07 bits per heavy atom. The highest BCUT2D eigenvalue weighted by atomic mass is 79.9. The van der Waals surface area contributed by atoms with Gasteiger partial charge in [0.05, 0.1) is 31.4 Å². The van der Waals surface area contributed by atoms with Crippen molar-refractivity contribution < 1.29 is 13.9 Å². The van der Waals surface area contributed by atoms with Crippen molar-refractivity contribution in [1.82, 2.24) is 0 Å². The molecule has 4 aliphatic carbocycles. The molecule has 4 nitrogen and oxygen atoms in total. The van der Waals surface area contributed by atoms with Gasteiger partial charge in [-0.1, -0.05) is 34.5 Å². The van der Waals surface area contributed by atoms with Gasteiger partial charge in [-0.2, -0.15) is 5.26 Å². The average molecular weight is 493 g/mol. The van der Waals surface area contributed by atoms with Crippen LogP contribution in [0.25, 0.3) is 0 Å². The summed E-state index contributed by atoms with van der Waals surface area (Å²) in [6, 6.07) is 2.95. The van der Waals surface area contributed by atoms with Crippen LogP contribution in [0.5, 0.6) is 0 Å². The van der Waals surface area contributed by atoms with Crippen LogP contribution in [0.1, 0.15) is 58.3 Å². The van der Waals surface area contributed by atoms with E-state index in [0.29, 0.717) is 24.0 Å². The van der Waals surface area contributed by atoms with Crippen LogP contribution in [0.2, 0.25) is 12.6 Å². The number of halogens is 1. The quantitative estimate of drug-likeness (QED) is 0.369. The molecular formula is C24H34BrNO3Si. The summed E-state index contributed by atoms with van der Waals surface area (Å²) in [4.78, 5) is 0.845. The van der Waals surface area contributed by atoms with Crippen LogP contribution in [0.15, 0.2) is 22.8 Å². The zero-order chi connectivity index (χ0) is 21.0. The molecular weight excluding hydrogens is 458 g/mol. The molecule has 0 N–H and O–H groups in total. The van der Waals surface area contributed by atoms with Gasteiger partial charge in [-0.05, 0) is 73.5 Å². The second-order valence-electron chi connectivity index (χ2n) is 10.6. The highest BCUT2D eigenvalue weighted by Gasteiger charge is 2.55. The zero-order valence-electron chi connectivity index (χ0n) is 18.3. The Morgan fingerprint density at radius 1 is 1.27 bits per heavy atom. The van der Waals surface area contributed by atoms with Crippen molar-refractivity contribution in [3.8, 4) is 6.07 Å². The normalized spacial score (nSPS) is 39.0. The van der Waals surface area contributed by atoms with Crippen molar-refractivity contribution in [2.24, 2.45) is 17.3 Å². The standard InChI is InChI=1S/C24H34BrNO3Si/c1-23-9-7-19-18-8-10-24(27-12-13-28-24)15-17(18)3-4-20(19)21(23)5-6-22(23)29-30(2,16-25)14-11-26/h7,20-22H,3-6,8-10,12-16H2,1-2H3/t20-,21+,22-,23+,30?/m1/s1. The Morgan fingerprint density at radius 3 is 2.80 bits per heavy atom. The van der Waals surface area contributed by atoms with Gasteiger partial charge in [0.15, 0.2) is 5.79 Å². The van der Waals surface area contributed by atoms with Crippen molar-refractivity contribution in [3.05, 3.63) is 22.8 Å². The molecule has 5 rings (SSSR count). The lowest BCUT2D eigenvalue weighted by atomic mass is 9.58. The summed E-state index contributed by atoms with van der Waals surface area (Å²) in [5.74, 6) is 1.08. The molecule has 0 aromatic rings. The zero-order valence-corrected chi connectivity index (χ0v) is 20.9. The maximum Gasteiger partial charge on any atom is 0.214 e. The van der Waals surface area contributed by atoms with Crippen LogP contribution in [0.3, 0.4) is 0 Å². The van der Waals surface area contributed by atoms with Crippen molar-refractivity contribution in [2.75, 3.05) is 18.2 Å². The molecule has 30 heavy (non-hydrogen) atoms. The predicted molar refractivity (Wildman–Crippen MR) is 122 cm³/mol. The number of alkyl halides is 1. The van der Waals surface area contributed by atoms with Gasteiger partial charge in [-0.25, -0.2) is 0 Å². The predicted octanol–water partition coefficient (Wildman–Crippen LogP) is 5.78. The molecule has 0 amide bonds. The highest BCUT2D eigenvalue weighted by molar-refractivity contribution is 9.09. The van der Waals surface area contributed by atoms with Gasteiger partial charge in [0, 0.05) is 17.8 Å². The SMILES string of the molecule is C[C@]12CC=C3C4=C(CC[C@H]3[C@@H]1CC[C@H]2O[Si](C)(CBr)CC#N)CC1(CC4)OCCO1. The number of hydrogen-bond acceptors (Lipinski definition) is 4. The van der Waals surface area contributed by atoms with Crippen LogP contribution < -0.4 is 0 Å².